The fourth-order valence-electron chi connectivity index (χ4n) is 3.28. The van der Waals surface area contributed by atoms with Gasteiger partial charge >= 0.3 is 5.97 Å². The van der Waals surface area contributed by atoms with Crippen molar-refractivity contribution in [1.82, 2.24) is 10.2 Å². The van der Waals surface area contributed by atoms with Gasteiger partial charge < -0.3 is 15.3 Å². The average Bonchev–Trinajstić information content (AvgIpc) is 2.89. The smallest absolute Gasteiger partial charge is 0.329 e. The second kappa shape index (κ2) is 5.15. The lowest BCUT2D eigenvalue weighted by atomic mass is 9.96. The Morgan fingerprint density at radius 3 is 2.90 bits per heavy atom. The summed E-state index contributed by atoms with van der Waals surface area (Å²) in [5.41, 5.74) is 1.92. The number of likely N-dealkylation sites (tertiary alicyclic amines) is 1. The van der Waals surface area contributed by atoms with Gasteiger partial charge in [0.1, 0.15) is 5.54 Å². The third-order valence-electron chi connectivity index (χ3n) is 4.69. The van der Waals surface area contributed by atoms with Crippen LogP contribution in [-0.4, -0.2) is 40.5 Å². The number of rotatable bonds is 2. The maximum Gasteiger partial charge on any atom is 0.329 e. The van der Waals surface area contributed by atoms with Crippen molar-refractivity contribution in [2.75, 3.05) is 13.1 Å². The highest BCUT2D eigenvalue weighted by Crippen LogP contribution is 2.31. The summed E-state index contributed by atoms with van der Waals surface area (Å²) in [6.07, 6.45) is 2.22. The molecule has 1 aromatic carbocycles. The molecule has 21 heavy (non-hydrogen) atoms. The Bertz CT molecular complexity index is 599. The van der Waals surface area contributed by atoms with E-state index in [2.05, 4.69) is 5.32 Å². The van der Waals surface area contributed by atoms with Crippen molar-refractivity contribution in [1.29, 1.82) is 0 Å². The normalized spacial score (nSPS) is 24.7. The molecule has 1 unspecified atom stereocenters. The van der Waals surface area contributed by atoms with E-state index in [0.717, 1.165) is 31.5 Å². The number of nitrogens with one attached hydrogen (secondary N) is 1. The predicted octanol–water partition coefficient (Wildman–Crippen LogP) is 1.41. The molecule has 1 saturated heterocycles. The molecule has 0 radical (unpaired) electrons. The van der Waals surface area contributed by atoms with E-state index in [1.807, 2.05) is 18.2 Å². The zero-order valence-electron chi connectivity index (χ0n) is 12.2. The number of carboxylic acid groups (broad SMARTS) is 1. The molecular weight excluding hydrogens is 268 g/mol. The van der Waals surface area contributed by atoms with Gasteiger partial charge in [0.15, 0.2) is 0 Å². The van der Waals surface area contributed by atoms with Crippen LogP contribution in [0, 0.1) is 0 Å². The fourth-order valence-corrected chi connectivity index (χ4v) is 3.28. The van der Waals surface area contributed by atoms with E-state index in [1.54, 1.807) is 6.92 Å². The number of hydrogen-bond acceptors (Lipinski definition) is 3. The first-order chi connectivity index (χ1) is 10.0. The fraction of sp³-hybridized carbons (Fsp3) is 0.500. The summed E-state index contributed by atoms with van der Waals surface area (Å²) < 4.78 is 0. The van der Waals surface area contributed by atoms with Crippen LogP contribution in [0.5, 0.6) is 0 Å². The summed E-state index contributed by atoms with van der Waals surface area (Å²) in [6, 6.07) is 5.73. The van der Waals surface area contributed by atoms with Crippen LogP contribution in [0.3, 0.4) is 0 Å². The van der Waals surface area contributed by atoms with Crippen LogP contribution in [-0.2, 0) is 17.8 Å². The Kier molecular flexibility index (Phi) is 3.45. The summed E-state index contributed by atoms with van der Waals surface area (Å²) in [4.78, 5) is 25.7. The number of amides is 1. The van der Waals surface area contributed by atoms with E-state index in [-0.39, 0.29) is 5.91 Å². The van der Waals surface area contributed by atoms with Crippen LogP contribution in [0.1, 0.15) is 41.3 Å². The largest absolute Gasteiger partial charge is 0.480 e. The van der Waals surface area contributed by atoms with Crippen LogP contribution in [0.25, 0.3) is 0 Å². The molecule has 0 aliphatic carbocycles. The van der Waals surface area contributed by atoms with Crippen molar-refractivity contribution in [3.63, 3.8) is 0 Å². The van der Waals surface area contributed by atoms with Crippen molar-refractivity contribution >= 4 is 11.9 Å². The van der Waals surface area contributed by atoms with Gasteiger partial charge in [-0.2, -0.15) is 0 Å². The summed E-state index contributed by atoms with van der Waals surface area (Å²) in [7, 11) is 0. The first kappa shape index (κ1) is 14.1. The van der Waals surface area contributed by atoms with E-state index in [4.69, 9.17) is 0 Å². The molecule has 1 amide bonds. The van der Waals surface area contributed by atoms with Gasteiger partial charge in [-0.1, -0.05) is 6.07 Å². The third-order valence-corrected chi connectivity index (χ3v) is 4.69. The number of carbonyl (C=O) groups is 2. The van der Waals surface area contributed by atoms with E-state index >= 15 is 0 Å². The molecule has 3 rings (SSSR count). The minimum atomic E-state index is -1.08. The van der Waals surface area contributed by atoms with Gasteiger partial charge in [0.25, 0.3) is 5.91 Å². The van der Waals surface area contributed by atoms with Gasteiger partial charge in [-0.15, -0.1) is 0 Å². The Labute approximate surface area is 123 Å². The highest BCUT2D eigenvalue weighted by molar-refractivity contribution is 5.98. The molecule has 2 aliphatic rings. The van der Waals surface area contributed by atoms with Crippen LogP contribution < -0.4 is 5.32 Å². The van der Waals surface area contributed by atoms with Gasteiger partial charge in [-0.05, 0) is 56.0 Å². The first-order valence-electron chi connectivity index (χ1n) is 7.40. The zero-order chi connectivity index (χ0) is 15.0. The van der Waals surface area contributed by atoms with Gasteiger partial charge in [0.05, 0.1) is 0 Å². The topological polar surface area (TPSA) is 69.6 Å². The minimum Gasteiger partial charge on any atom is -0.480 e. The monoisotopic (exact) mass is 288 g/mol. The molecule has 2 heterocycles. The van der Waals surface area contributed by atoms with Gasteiger partial charge in [-0.25, -0.2) is 4.79 Å². The summed E-state index contributed by atoms with van der Waals surface area (Å²) in [6.45, 7) is 3.88. The molecule has 2 aliphatic heterocycles. The number of nitrogens with zero attached hydrogens (tertiary/aromatic N) is 1. The van der Waals surface area contributed by atoms with E-state index in [0.29, 0.717) is 18.5 Å². The SMILES string of the molecule is CC1(C(=O)O)CCCN1C(=O)c1ccc2c(c1)CNCC2. The molecule has 5 nitrogen and oxygen atoms in total. The Balaban J connectivity index is 1.90. The number of hydrogen-bond donors (Lipinski definition) is 2. The van der Waals surface area contributed by atoms with E-state index in [1.165, 1.54) is 10.5 Å². The number of aliphatic carboxylic acids is 1. The lowest BCUT2D eigenvalue weighted by Crippen LogP contribution is -2.50. The maximum absolute atomic E-state index is 12.7. The van der Waals surface area contributed by atoms with Gasteiger partial charge in [-0.3, -0.25) is 4.79 Å². The molecule has 2 N–H and O–H groups in total. The molecule has 0 aromatic heterocycles. The van der Waals surface area contributed by atoms with Crippen molar-refractivity contribution in [3.8, 4) is 0 Å². The summed E-state index contributed by atoms with van der Waals surface area (Å²) in [5.74, 6) is -1.10. The van der Waals surface area contributed by atoms with E-state index in [9.17, 15) is 14.7 Å². The second-order valence-electron chi connectivity index (χ2n) is 6.05. The molecule has 5 heteroatoms. The summed E-state index contributed by atoms with van der Waals surface area (Å²) in [5, 5.41) is 12.7. The molecule has 0 bridgehead atoms. The number of benzene rings is 1. The van der Waals surface area contributed by atoms with Crippen molar-refractivity contribution in [3.05, 3.63) is 34.9 Å². The third kappa shape index (κ3) is 2.31. The van der Waals surface area contributed by atoms with Crippen molar-refractivity contribution in [2.24, 2.45) is 0 Å². The highest BCUT2D eigenvalue weighted by atomic mass is 16.4. The lowest BCUT2D eigenvalue weighted by molar-refractivity contribution is -0.147. The maximum atomic E-state index is 12.7. The Hall–Kier alpha value is -1.88. The molecule has 112 valence electrons. The van der Waals surface area contributed by atoms with Gasteiger partial charge in [0, 0.05) is 18.7 Å². The zero-order valence-corrected chi connectivity index (χ0v) is 12.2. The second-order valence-corrected chi connectivity index (χ2v) is 6.05. The molecular formula is C16H20N2O3. The minimum absolute atomic E-state index is 0.175. The predicted molar refractivity (Wildman–Crippen MR) is 78.2 cm³/mol. The quantitative estimate of drug-likeness (QED) is 0.863. The standard InChI is InChI=1S/C16H20N2O3/c1-16(15(20)21)6-2-8-18(16)14(19)12-4-3-11-5-7-17-10-13(11)9-12/h3-4,9,17H,2,5-8,10H2,1H3,(H,20,21). The highest BCUT2D eigenvalue weighted by Gasteiger charge is 2.46. The molecule has 1 atom stereocenters. The average molecular weight is 288 g/mol. The van der Waals surface area contributed by atoms with Crippen LogP contribution in [0.15, 0.2) is 18.2 Å². The number of carboxylic acids is 1. The Morgan fingerprint density at radius 2 is 2.14 bits per heavy atom. The molecule has 0 spiro atoms. The van der Waals surface area contributed by atoms with E-state index < -0.39 is 11.5 Å². The van der Waals surface area contributed by atoms with Crippen LogP contribution >= 0.6 is 0 Å². The lowest BCUT2D eigenvalue weighted by Gasteiger charge is -2.31. The number of carbonyl (C=O) groups excluding carboxylic acids is 1. The van der Waals surface area contributed by atoms with Gasteiger partial charge in [0.2, 0.25) is 0 Å². The Morgan fingerprint density at radius 1 is 1.33 bits per heavy atom. The molecule has 0 saturated carbocycles. The summed E-state index contributed by atoms with van der Waals surface area (Å²) >= 11 is 0. The number of fused-ring (bicyclic) bond motifs is 1. The van der Waals surface area contributed by atoms with Crippen LogP contribution in [0.4, 0.5) is 0 Å². The van der Waals surface area contributed by atoms with Crippen molar-refractivity contribution < 1.29 is 14.7 Å². The van der Waals surface area contributed by atoms with Crippen LogP contribution in [0.2, 0.25) is 0 Å². The molecule has 1 aromatic rings. The molecule has 1 fully saturated rings. The first-order valence-corrected chi connectivity index (χ1v) is 7.40. The van der Waals surface area contributed by atoms with Crippen molar-refractivity contribution in [2.45, 2.75) is 38.3 Å².